The number of nitrogens with zero attached hydrogens (tertiary/aromatic N) is 4. The second-order valence-electron chi connectivity index (χ2n) is 18.2. The van der Waals surface area contributed by atoms with Gasteiger partial charge < -0.3 is 13.9 Å². The Bertz CT molecular complexity index is 5380. The molecule has 0 amide bonds. The van der Waals surface area contributed by atoms with Gasteiger partial charge in [0.1, 0.15) is 5.82 Å². The summed E-state index contributed by atoms with van der Waals surface area (Å²) in [4.78, 5) is 4.75. The van der Waals surface area contributed by atoms with E-state index in [1.165, 1.54) is 41.0 Å². The van der Waals surface area contributed by atoms with Gasteiger partial charge in [-0.1, -0.05) is 180 Å². The molecule has 0 radical (unpaired) electrons. The molecule has 3 aromatic heterocycles. The van der Waals surface area contributed by atoms with Crippen molar-refractivity contribution in [1.82, 2.24) is 14.1 Å². The molecular weight excluding hydrogens is 1070 g/mol. The van der Waals surface area contributed by atoms with Crippen LogP contribution in [0.15, 0.2) is 182 Å². The molecule has 1 aliphatic rings. The summed E-state index contributed by atoms with van der Waals surface area (Å²) in [5.41, 5.74) is -17.4. The molecule has 73 heavy (non-hydrogen) atoms. The topological polar surface area (TPSA) is 35.9 Å². The number of rotatable bonds is 8. The molecule has 6 heteroatoms. The van der Waals surface area contributed by atoms with E-state index in [2.05, 4.69) is 39.2 Å². The second kappa shape index (κ2) is 18.3. The van der Waals surface area contributed by atoms with Gasteiger partial charge in [0, 0.05) is 70.3 Å². The third-order valence-electron chi connectivity index (χ3n) is 12.4. The van der Waals surface area contributed by atoms with Crippen LogP contribution >= 0.6 is 0 Å². The Labute approximate surface area is 489 Å². The van der Waals surface area contributed by atoms with Gasteiger partial charge in [0.2, 0.25) is 0 Å². The van der Waals surface area contributed by atoms with Gasteiger partial charge in [-0.15, -0.1) is 29.7 Å². The molecule has 0 saturated heterocycles. The second-order valence-corrected chi connectivity index (χ2v) is 18.2. The largest absolute Gasteiger partial charge is 0.510 e. The molecule has 0 N–H and O–H groups in total. The molecule has 0 saturated carbocycles. The first-order valence-corrected chi connectivity index (χ1v) is 22.5. The average molecular weight is 1160 g/mol. The minimum absolute atomic E-state index is 0. The quantitative estimate of drug-likeness (QED) is 0.112. The molecular formula is C67H58N4OPt-2. The number of hydrogen-bond acceptors (Lipinski definition) is 2. The van der Waals surface area contributed by atoms with Gasteiger partial charge in [0.25, 0.3) is 6.33 Å². The predicted octanol–water partition coefficient (Wildman–Crippen LogP) is 16.5. The monoisotopic (exact) mass is 1160 g/mol. The molecule has 3 heterocycles. The minimum atomic E-state index is -4.80. The first-order chi connectivity index (χ1) is 47.9. The fraction of sp³-hybridized carbons (Fsp3) is 0.194. The van der Waals surface area contributed by atoms with Crippen LogP contribution in [0.3, 0.4) is 0 Å². The maximum absolute atomic E-state index is 10.3. The number of hydrogen-bond donors (Lipinski definition) is 0. The normalized spacial score (nSPS) is 22.6. The number of fused-ring (bicyclic) bond motifs is 5. The zero-order valence-corrected chi connectivity index (χ0v) is 41.1. The van der Waals surface area contributed by atoms with Crippen LogP contribution in [-0.4, -0.2) is 14.1 Å². The minimum Gasteiger partial charge on any atom is -0.510 e. The standard InChI is InChI=1S/C67H58N4O.Pt/c1-44-36-55(46-20-13-10-14-21-46)64(56(37-44)48-26-30-57-58(38-48)67(7,8)34-33-66(57,5)6)70-43-69(62-39-47(27-31-60(62)70)45-18-11-9-12-19-45)50-22-17-23-51(41-50)72-52-28-29-54-53-24-15-16-25-59(53)71(61(54)42-52)63-40-49(32-35-68-63)65(2,3)4;/h9-32,35-40H,33-34H2,1-8H3;/q-2;/i1D3,5D3,6D3,7D3,8D3,9D,10D,11D,12D,13D,14D,18D,19D,20D,21D,26D,30D,33D2,34D2,38D;. The summed E-state index contributed by atoms with van der Waals surface area (Å²) in [5, 5.41) is 1.64. The Morgan fingerprint density at radius 2 is 1.40 bits per heavy atom. The number of aryl methyl sites for hydroxylation is 1. The molecule has 0 unspecified atom stereocenters. The van der Waals surface area contributed by atoms with Crippen molar-refractivity contribution in [3.8, 4) is 62.1 Å². The van der Waals surface area contributed by atoms with Gasteiger partial charge >= 0.3 is 0 Å². The maximum Gasteiger partial charge on any atom is 0.268 e. The average Bonchev–Trinajstić information content (AvgIpc) is 1.31. The molecule has 0 aliphatic heterocycles. The smallest absolute Gasteiger partial charge is 0.268 e. The van der Waals surface area contributed by atoms with E-state index >= 15 is 0 Å². The molecule has 364 valence electrons. The van der Waals surface area contributed by atoms with E-state index in [1.807, 2.05) is 47.0 Å². The van der Waals surface area contributed by atoms with Crippen LogP contribution < -0.4 is 9.30 Å². The SMILES string of the molecule is [2H]c1c([2H])c([2H])c(-c2ccc3c(c2)n(-c2[c-]c(Oc4[c-]c5c(cc4)c4ccccc4n5-c4cc(C(C)(C)C)ccn4)ccc2)[c-][n+]3-c2c(-c3c([2H])c([2H])c([2H])c([2H])c3[2H])cc(C([2H])([2H])[2H])cc2-c2c([2H])c([2H])c3c(c2[2H])C(C([2H])([2H])[2H])(C([2H])([2H])[2H])C([2H])([2H])C([2H])([2H])C3(C([2H])([2H])[2H])C([2H])([2H])[2H])c([2H])c1[2H].[Pt]. The van der Waals surface area contributed by atoms with Crippen LogP contribution in [-0.2, 0) is 37.3 Å². The van der Waals surface area contributed by atoms with Crippen LogP contribution in [0.2, 0.25) is 0 Å². The number of benzene rings is 8. The van der Waals surface area contributed by atoms with E-state index in [4.69, 9.17) is 41.2 Å². The van der Waals surface area contributed by atoms with Crippen LogP contribution in [0.25, 0.3) is 83.4 Å². The van der Waals surface area contributed by atoms with Gasteiger partial charge in [0.05, 0.1) is 34.5 Å². The first kappa shape index (κ1) is 23.7. The van der Waals surface area contributed by atoms with Crippen LogP contribution in [0.1, 0.15) is 127 Å². The summed E-state index contributed by atoms with van der Waals surface area (Å²) in [6, 6.07) is 17.4. The molecule has 0 bridgehead atoms. The van der Waals surface area contributed by atoms with E-state index in [-0.39, 0.29) is 65.8 Å². The van der Waals surface area contributed by atoms with Gasteiger partial charge in [0.15, 0.2) is 0 Å². The van der Waals surface area contributed by atoms with Crippen molar-refractivity contribution in [3.05, 3.63) is 223 Å². The van der Waals surface area contributed by atoms with Gasteiger partial charge in [-0.3, -0.25) is 4.57 Å². The summed E-state index contributed by atoms with van der Waals surface area (Å²) in [7, 11) is 0. The fourth-order valence-corrected chi connectivity index (χ4v) is 8.98. The molecule has 1 aliphatic carbocycles. The molecule has 11 aromatic rings. The predicted molar refractivity (Wildman–Crippen MR) is 295 cm³/mol. The molecule has 12 rings (SSSR count). The Hall–Kier alpha value is -7.33. The van der Waals surface area contributed by atoms with E-state index in [0.29, 0.717) is 17.4 Å². The van der Waals surface area contributed by atoms with E-state index in [1.54, 1.807) is 12.3 Å². The molecule has 0 spiro atoms. The first-order valence-electron chi connectivity index (χ1n) is 38.5. The fourth-order valence-electron chi connectivity index (χ4n) is 8.98. The Balaban J connectivity index is 0.0000110. The number of ether oxygens (including phenoxy) is 1. The van der Waals surface area contributed by atoms with Crippen LogP contribution in [0.4, 0.5) is 0 Å². The Morgan fingerprint density at radius 1 is 0.671 bits per heavy atom. The van der Waals surface area contributed by atoms with Crippen molar-refractivity contribution in [2.45, 2.75) is 84.0 Å². The summed E-state index contributed by atoms with van der Waals surface area (Å²) < 4.78 is 302. The van der Waals surface area contributed by atoms with Crippen LogP contribution in [0.5, 0.6) is 11.5 Å². The third kappa shape index (κ3) is 8.62. The Kier molecular flexibility index (Phi) is 5.94. The number of imidazole rings is 1. The Morgan fingerprint density at radius 3 is 2.15 bits per heavy atom. The van der Waals surface area contributed by atoms with Crippen molar-refractivity contribution in [3.63, 3.8) is 0 Å². The third-order valence-corrected chi connectivity index (χ3v) is 12.4. The molecule has 5 nitrogen and oxygen atoms in total. The molecule has 0 atom stereocenters. The van der Waals surface area contributed by atoms with Crippen molar-refractivity contribution >= 4 is 32.8 Å². The summed E-state index contributed by atoms with van der Waals surface area (Å²) in [5.74, 6) is 0.680. The number of pyridine rings is 1. The zero-order valence-electron chi connectivity index (χ0n) is 70.8. The molecule has 8 aromatic carbocycles. The number of aromatic nitrogens is 4. The van der Waals surface area contributed by atoms with E-state index in [0.717, 1.165) is 32.5 Å². The van der Waals surface area contributed by atoms with E-state index < -0.39 is 181 Å². The van der Waals surface area contributed by atoms with Crippen LogP contribution in [0, 0.1) is 25.3 Å². The van der Waals surface area contributed by atoms with Crippen molar-refractivity contribution in [2.24, 2.45) is 0 Å². The van der Waals surface area contributed by atoms with E-state index in [9.17, 15) is 12.3 Å². The van der Waals surface area contributed by atoms with Gasteiger partial charge in [-0.05, 0) is 121 Å². The summed E-state index contributed by atoms with van der Waals surface area (Å²) in [6.45, 7) is -15.3. The number of para-hydroxylation sites is 1. The zero-order chi connectivity index (χ0) is 76.9. The van der Waals surface area contributed by atoms with Crippen molar-refractivity contribution in [2.75, 3.05) is 0 Å². The van der Waals surface area contributed by atoms with Gasteiger partial charge in [-0.2, -0.15) is 18.2 Å². The van der Waals surface area contributed by atoms with Gasteiger partial charge in [-0.25, -0.2) is 4.98 Å². The molecule has 0 fully saturated rings. The summed E-state index contributed by atoms with van der Waals surface area (Å²) >= 11 is 0. The van der Waals surface area contributed by atoms with Crippen molar-refractivity contribution < 1.29 is 74.2 Å². The summed E-state index contributed by atoms with van der Waals surface area (Å²) in [6.07, 6.45) is -4.76. The van der Waals surface area contributed by atoms with Crippen molar-refractivity contribution in [1.29, 1.82) is 0 Å². The maximum atomic E-state index is 10.3.